The van der Waals surface area contributed by atoms with Crippen molar-refractivity contribution in [3.8, 4) is 5.75 Å². The molecule has 7 heteroatoms. The van der Waals surface area contributed by atoms with Crippen LogP contribution in [-0.4, -0.2) is 14.8 Å². The van der Waals surface area contributed by atoms with E-state index in [9.17, 15) is 4.57 Å². The van der Waals surface area contributed by atoms with Crippen LogP contribution >= 0.6 is 7.82 Å². The first-order valence-corrected chi connectivity index (χ1v) is 11.2. The second-order valence-corrected chi connectivity index (χ2v) is 8.73. The number of nitrogens with zero attached hydrogens (tertiary/aromatic N) is 1. The largest absolute Gasteiger partial charge is 0.524 e. The lowest BCUT2D eigenvalue weighted by Gasteiger charge is -2.12. The topological polar surface area (TPSA) is 106 Å². The number of hydrogen-bond donors (Lipinski definition) is 3. The number of phosphoric ester groups is 1. The van der Waals surface area contributed by atoms with Crippen molar-refractivity contribution in [3.05, 3.63) is 76.9 Å². The van der Waals surface area contributed by atoms with Gasteiger partial charge in [0.2, 0.25) is 0 Å². The van der Waals surface area contributed by atoms with Crippen molar-refractivity contribution in [1.29, 1.82) is 0 Å². The molecule has 0 spiro atoms. The smallest absolute Gasteiger partial charge is 0.404 e. The molecule has 154 valence electrons. The Morgan fingerprint density at radius 1 is 0.933 bits per heavy atom. The Morgan fingerprint density at radius 2 is 1.70 bits per heavy atom. The Balaban J connectivity index is 1.62. The molecule has 30 heavy (non-hydrogen) atoms. The molecule has 1 heterocycles. The van der Waals surface area contributed by atoms with Crippen molar-refractivity contribution in [1.82, 2.24) is 4.98 Å². The van der Waals surface area contributed by atoms with E-state index in [0.29, 0.717) is 5.82 Å². The minimum Gasteiger partial charge on any atom is -0.404 e. The first-order chi connectivity index (χ1) is 14.2. The first kappa shape index (κ1) is 20.4. The third-order valence-corrected chi connectivity index (χ3v) is 5.71. The van der Waals surface area contributed by atoms with Gasteiger partial charge in [-0.25, -0.2) is 9.55 Å². The van der Waals surface area contributed by atoms with Gasteiger partial charge in [-0.05, 0) is 72.5 Å². The van der Waals surface area contributed by atoms with E-state index < -0.39 is 7.82 Å². The third kappa shape index (κ3) is 4.31. The van der Waals surface area contributed by atoms with Crippen LogP contribution in [0.3, 0.4) is 0 Å². The molecule has 0 fully saturated rings. The Labute approximate surface area is 174 Å². The number of phosphoric acid groups is 1. The number of aryl methyl sites for hydroxylation is 4. The third-order valence-electron chi connectivity index (χ3n) is 5.27. The molecule has 0 bridgehead atoms. The molecule has 0 radical (unpaired) electrons. The molecular weight excluding hydrogens is 399 g/mol. The highest BCUT2D eigenvalue weighted by atomic mass is 31.2. The fourth-order valence-corrected chi connectivity index (χ4v) is 4.16. The average Bonchev–Trinajstić information content (AvgIpc) is 2.66. The molecule has 0 aliphatic rings. The van der Waals surface area contributed by atoms with Gasteiger partial charge in [0.05, 0.1) is 5.52 Å². The Morgan fingerprint density at radius 3 is 2.43 bits per heavy atom. The van der Waals surface area contributed by atoms with Gasteiger partial charge in [0.25, 0.3) is 0 Å². The second-order valence-electron chi connectivity index (χ2n) is 7.57. The number of fused-ring (bicyclic) bond motifs is 3. The molecule has 1 aromatic heterocycles. The Kier molecular flexibility index (Phi) is 5.24. The summed E-state index contributed by atoms with van der Waals surface area (Å²) in [5.41, 5.74) is 11.4. The van der Waals surface area contributed by atoms with Crippen LogP contribution in [-0.2, 0) is 17.4 Å². The molecule has 0 saturated carbocycles. The fourth-order valence-electron chi connectivity index (χ4n) is 3.77. The molecule has 0 aliphatic carbocycles. The zero-order valence-corrected chi connectivity index (χ0v) is 17.7. The number of hydrogen-bond acceptors (Lipinski definition) is 4. The summed E-state index contributed by atoms with van der Waals surface area (Å²) in [5, 5.41) is 3.13. The Bertz CT molecular complexity index is 1310. The highest BCUT2D eigenvalue weighted by Gasteiger charge is 2.16. The number of pyridine rings is 1. The maximum atomic E-state index is 11.0. The van der Waals surface area contributed by atoms with Crippen LogP contribution in [0, 0.1) is 13.8 Å². The Hall–Kier alpha value is -2.92. The quantitative estimate of drug-likeness (QED) is 0.314. The molecule has 0 unspecified atom stereocenters. The van der Waals surface area contributed by atoms with E-state index in [1.807, 2.05) is 32.0 Å². The van der Waals surface area contributed by atoms with Crippen LogP contribution in [0.4, 0.5) is 5.82 Å². The fraction of sp³-hybridized carbons (Fsp3) is 0.174. The molecule has 0 saturated heterocycles. The number of nitrogen functional groups attached to an aromatic ring is 1. The van der Waals surface area contributed by atoms with Gasteiger partial charge in [0.15, 0.2) is 0 Å². The zero-order valence-electron chi connectivity index (χ0n) is 16.8. The van der Waals surface area contributed by atoms with Crippen LogP contribution in [0.1, 0.15) is 22.3 Å². The molecule has 0 aliphatic heterocycles. The van der Waals surface area contributed by atoms with Gasteiger partial charge in [-0.15, -0.1) is 0 Å². The van der Waals surface area contributed by atoms with Crippen molar-refractivity contribution in [2.45, 2.75) is 26.7 Å². The summed E-state index contributed by atoms with van der Waals surface area (Å²) >= 11 is 0. The summed E-state index contributed by atoms with van der Waals surface area (Å²) in [6, 6.07) is 17.6. The first-order valence-electron chi connectivity index (χ1n) is 9.63. The highest BCUT2D eigenvalue weighted by molar-refractivity contribution is 7.46. The molecule has 6 nitrogen and oxygen atoms in total. The van der Waals surface area contributed by atoms with Gasteiger partial charge >= 0.3 is 7.82 Å². The highest BCUT2D eigenvalue weighted by Crippen LogP contribution is 2.38. The van der Waals surface area contributed by atoms with Gasteiger partial charge in [0.1, 0.15) is 11.6 Å². The molecule has 3 aromatic carbocycles. The van der Waals surface area contributed by atoms with Crippen LogP contribution in [0.25, 0.3) is 21.7 Å². The predicted octanol–water partition coefficient (Wildman–Crippen LogP) is 4.84. The normalized spacial score (nSPS) is 11.9. The summed E-state index contributed by atoms with van der Waals surface area (Å²) in [7, 11) is -4.55. The van der Waals surface area contributed by atoms with Crippen molar-refractivity contribution in [2.75, 3.05) is 5.73 Å². The van der Waals surface area contributed by atoms with Gasteiger partial charge < -0.3 is 10.3 Å². The van der Waals surface area contributed by atoms with E-state index in [2.05, 4.69) is 33.8 Å². The summed E-state index contributed by atoms with van der Waals surface area (Å²) in [6.07, 6.45) is 1.62. The van der Waals surface area contributed by atoms with E-state index in [-0.39, 0.29) is 5.75 Å². The molecule has 4 N–H and O–H groups in total. The van der Waals surface area contributed by atoms with Crippen LogP contribution < -0.4 is 10.3 Å². The number of nitrogens with two attached hydrogens (primary N) is 1. The van der Waals surface area contributed by atoms with Crippen LogP contribution in [0.15, 0.2) is 54.6 Å². The SMILES string of the molecule is Cc1ccc2c(c1)nc(N)c1ccc(CCc3ccc(OP(=O)(O)O)cc3C)cc12. The van der Waals surface area contributed by atoms with Crippen molar-refractivity contribution in [3.63, 3.8) is 0 Å². The lowest BCUT2D eigenvalue weighted by molar-refractivity contribution is 0.283. The number of aromatic nitrogens is 1. The van der Waals surface area contributed by atoms with E-state index >= 15 is 0 Å². The predicted molar refractivity (Wildman–Crippen MR) is 120 cm³/mol. The monoisotopic (exact) mass is 422 g/mol. The van der Waals surface area contributed by atoms with Crippen molar-refractivity contribution < 1.29 is 18.9 Å². The summed E-state index contributed by atoms with van der Waals surface area (Å²) in [4.78, 5) is 22.5. The van der Waals surface area contributed by atoms with Gasteiger partial charge in [0, 0.05) is 10.8 Å². The molecule has 4 rings (SSSR count). The molecule has 4 aromatic rings. The number of benzene rings is 3. The van der Waals surface area contributed by atoms with Crippen LogP contribution in [0.2, 0.25) is 0 Å². The second kappa shape index (κ2) is 7.73. The summed E-state index contributed by atoms with van der Waals surface area (Å²) < 4.78 is 15.7. The number of anilines is 1. The minimum atomic E-state index is -4.55. The standard InChI is InChI=1S/C23H23N2O4P/c1-14-3-9-19-21-13-16(5-10-20(21)23(24)25-22(19)11-14)4-6-17-7-8-18(12-15(17)2)29-30(26,27)28/h3,5,7-13H,4,6H2,1-2H3,(H2,24,25)(H2,26,27,28). The van der Waals surface area contributed by atoms with E-state index in [0.717, 1.165) is 51.2 Å². The minimum absolute atomic E-state index is 0.167. The lowest BCUT2D eigenvalue weighted by Crippen LogP contribution is -1.98. The summed E-state index contributed by atoms with van der Waals surface area (Å²) in [5.74, 6) is 0.700. The van der Waals surface area contributed by atoms with Gasteiger partial charge in [-0.3, -0.25) is 9.79 Å². The van der Waals surface area contributed by atoms with Crippen molar-refractivity contribution in [2.24, 2.45) is 0 Å². The van der Waals surface area contributed by atoms with Gasteiger partial charge in [-0.1, -0.05) is 36.4 Å². The summed E-state index contributed by atoms with van der Waals surface area (Å²) in [6.45, 7) is 3.95. The maximum Gasteiger partial charge on any atom is 0.524 e. The van der Waals surface area contributed by atoms with Crippen molar-refractivity contribution >= 4 is 35.3 Å². The van der Waals surface area contributed by atoms with Crippen LogP contribution in [0.5, 0.6) is 5.75 Å². The van der Waals surface area contributed by atoms with Gasteiger partial charge in [-0.2, -0.15) is 0 Å². The molecular formula is C23H23N2O4P. The van der Waals surface area contributed by atoms with E-state index in [1.54, 1.807) is 12.1 Å². The van der Waals surface area contributed by atoms with E-state index in [4.69, 9.17) is 15.5 Å². The van der Waals surface area contributed by atoms with E-state index in [1.165, 1.54) is 5.56 Å². The zero-order chi connectivity index (χ0) is 21.5. The molecule has 0 amide bonds. The lowest BCUT2D eigenvalue weighted by atomic mass is 9.97. The average molecular weight is 422 g/mol. The number of rotatable bonds is 5. The molecule has 0 atom stereocenters. The maximum absolute atomic E-state index is 11.0.